The lowest BCUT2D eigenvalue weighted by Gasteiger charge is -2.20. The molecule has 1 amide bonds. The molecule has 1 aromatic carbocycles. The molecule has 1 aromatic rings. The van der Waals surface area contributed by atoms with Crippen molar-refractivity contribution in [1.29, 1.82) is 0 Å². The Hall–Kier alpha value is -0.980. The van der Waals surface area contributed by atoms with Gasteiger partial charge in [0.2, 0.25) is 5.91 Å². The number of nitrogens with zero attached hydrogens (tertiary/aromatic N) is 1. The van der Waals surface area contributed by atoms with E-state index < -0.39 is 0 Å². The predicted octanol–water partition coefficient (Wildman–Crippen LogP) is 2.52. The molecule has 4 nitrogen and oxygen atoms in total. The number of nitrogens with one attached hydrogen (secondary N) is 2. The summed E-state index contributed by atoms with van der Waals surface area (Å²) < 4.78 is 0. The number of rotatable bonds is 7. The molecule has 0 atom stereocenters. The van der Waals surface area contributed by atoms with Gasteiger partial charge >= 0.3 is 0 Å². The smallest absolute Gasteiger partial charge is 0.239 e. The highest BCUT2D eigenvalue weighted by Crippen LogP contribution is 2.19. The van der Waals surface area contributed by atoms with Crippen LogP contribution in [0.1, 0.15) is 12.8 Å². The molecule has 0 aliphatic heterocycles. The normalized spacial score (nSPS) is 13.5. The molecule has 0 heterocycles. The van der Waals surface area contributed by atoms with Crippen LogP contribution in [0.2, 0.25) is 5.02 Å². The van der Waals surface area contributed by atoms with Gasteiger partial charge in [-0.3, -0.25) is 4.79 Å². The lowest BCUT2D eigenvalue weighted by atomic mass is 10.4. The molecule has 2 N–H and O–H groups in total. The zero-order chi connectivity index (χ0) is 15.9. The number of thioether (sulfide) groups is 1. The molecule has 0 saturated heterocycles. The summed E-state index contributed by atoms with van der Waals surface area (Å²) in [5.74, 6) is 0.925. The maximum absolute atomic E-state index is 11.7. The number of carbonyl (C=O) groups excluding carboxylic acids is 1. The largest absolute Gasteiger partial charge is 0.362 e. The van der Waals surface area contributed by atoms with E-state index in [4.69, 9.17) is 23.8 Å². The van der Waals surface area contributed by atoms with Crippen LogP contribution in [0.25, 0.3) is 0 Å². The Kier molecular flexibility index (Phi) is 6.79. The van der Waals surface area contributed by atoms with E-state index in [0.29, 0.717) is 17.7 Å². The first-order chi connectivity index (χ1) is 10.5. The molecule has 0 radical (unpaired) electrons. The maximum atomic E-state index is 11.7. The molecule has 0 bridgehead atoms. The second-order valence-corrected chi connectivity index (χ2v) is 7.22. The molecule has 7 heteroatoms. The van der Waals surface area contributed by atoms with Crippen molar-refractivity contribution in [3.05, 3.63) is 29.3 Å². The highest BCUT2D eigenvalue weighted by Gasteiger charge is 2.23. The Balaban J connectivity index is 1.59. The third-order valence-corrected chi connectivity index (χ3v) is 4.85. The van der Waals surface area contributed by atoms with E-state index in [-0.39, 0.29) is 5.91 Å². The van der Waals surface area contributed by atoms with E-state index in [1.807, 2.05) is 31.3 Å². The maximum Gasteiger partial charge on any atom is 0.239 e. The van der Waals surface area contributed by atoms with Crippen molar-refractivity contribution in [3.8, 4) is 0 Å². The molecule has 1 saturated carbocycles. The Morgan fingerprint density at radius 2 is 2.09 bits per heavy atom. The summed E-state index contributed by atoms with van der Waals surface area (Å²) in [7, 11) is 1.83. The van der Waals surface area contributed by atoms with Crippen LogP contribution in [0, 0.1) is 0 Å². The van der Waals surface area contributed by atoms with Crippen LogP contribution >= 0.6 is 35.6 Å². The van der Waals surface area contributed by atoms with Gasteiger partial charge in [0.1, 0.15) is 0 Å². The summed E-state index contributed by atoms with van der Waals surface area (Å²) >= 11 is 12.9. The summed E-state index contributed by atoms with van der Waals surface area (Å²) in [4.78, 5) is 14.6. The van der Waals surface area contributed by atoms with E-state index in [1.165, 1.54) is 4.90 Å². The number of hydrogen-bond donors (Lipinski definition) is 2. The SMILES string of the molecule is CN(CC(=O)NC1CC1)C(=S)NCCSc1ccc(Cl)cc1. The topological polar surface area (TPSA) is 44.4 Å². The van der Waals surface area contributed by atoms with E-state index in [2.05, 4.69) is 10.6 Å². The van der Waals surface area contributed by atoms with Crippen molar-refractivity contribution < 1.29 is 4.79 Å². The van der Waals surface area contributed by atoms with Gasteiger partial charge in [-0.2, -0.15) is 0 Å². The number of thiocarbonyl (C=S) groups is 1. The van der Waals surface area contributed by atoms with E-state index in [9.17, 15) is 4.79 Å². The highest BCUT2D eigenvalue weighted by atomic mass is 35.5. The molecule has 0 spiro atoms. The van der Waals surface area contributed by atoms with Crippen molar-refractivity contribution in [1.82, 2.24) is 15.5 Å². The van der Waals surface area contributed by atoms with Crippen LogP contribution in [0.5, 0.6) is 0 Å². The van der Waals surface area contributed by atoms with Gasteiger partial charge in [0.15, 0.2) is 5.11 Å². The van der Waals surface area contributed by atoms with Crippen molar-refractivity contribution >= 4 is 46.6 Å². The minimum Gasteiger partial charge on any atom is -0.362 e. The van der Waals surface area contributed by atoms with Crippen molar-refractivity contribution in [2.45, 2.75) is 23.8 Å². The molecule has 1 aliphatic rings. The van der Waals surface area contributed by atoms with Gasteiger partial charge < -0.3 is 15.5 Å². The fourth-order valence-electron chi connectivity index (χ4n) is 1.78. The molecule has 1 aliphatic carbocycles. The van der Waals surface area contributed by atoms with Gasteiger partial charge in [0.25, 0.3) is 0 Å². The first kappa shape index (κ1) is 17.4. The van der Waals surface area contributed by atoms with Gasteiger partial charge in [-0.1, -0.05) is 11.6 Å². The van der Waals surface area contributed by atoms with Gasteiger partial charge in [0.05, 0.1) is 6.54 Å². The molecule has 120 valence electrons. The zero-order valence-electron chi connectivity index (χ0n) is 12.5. The monoisotopic (exact) mass is 357 g/mol. The average molecular weight is 358 g/mol. The standard InChI is InChI=1S/C15H20ClN3OS2/c1-19(10-14(20)18-12-4-5-12)15(21)17-8-9-22-13-6-2-11(16)3-7-13/h2-3,6-7,12H,4-5,8-10H2,1H3,(H,17,21)(H,18,20). The minimum atomic E-state index is 0.0321. The van der Waals surface area contributed by atoms with Crippen LogP contribution < -0.4 is 10.6 Å². The number of likely N-dealkylation sites (N-methyl/N-ethyl adjacent to an activating group) is 1. The quantitative estimate of drug-likeness (QED) is 0.446. The Morgan fingerprint density at radius 3 is 2.73 bits per heavy atom. The second kappa shape index (κ2) is 8.60. The van der Waals surface area contributed by atoms with Gasteiger partial charge in [0, 0.05) is 35.3 Å². The molecular formula is C15H20ClN3OS2. The highest BCUT2D eigenvalue weighted by molar-refractivity contribution is 7.99. The number of hydrogen-bond acceptors (Lipinski definition) is 3. The minimum absolute atomic E-state index is 0.0321. The summed E-state index contributed by atoms with van der Waals surface area (Å²) in [6, 6.07) is 8.15. The van der Waals surface area contributed by atoms with Crippen molar-refractivity contribution in [2.75, 3.05) is 25.9 Å². The predicted molar refractivity (Wildman–Crippen MR) is 96.6 cm³/mol. The number of benzene rings is 1. The van der Waals surface area contributed by atoms with E-state index >= 15 is 0 Å². The van der Waals surface area contributed by atoms with Crippen LogP contribution in [0.4, 0.5) is 0 Å². The summed E-state index contributed by atoms with van der Waals surface area (Å²) in [6.45, 7) is 1.05. The molecular weight excluding hydrogens is 338 g/mol. The summed E-state index contributed by atoms with van der Waals surface area (Å²) in [6.07, 6.45) is 2.19. The van der Waals surface area contributed by atoms with Crippen LogP contribution in [-0.4, -0.2) is 47.9 Å². The molecule has 1 fully saturated rings. The molecule has 2 rings (SSSR count). The fraction of sp³-hybridized carbons (Fsp3) is 0.467. The van der Waals surface area contributed by atoms with Crippen LogP contribution in [0.3, 0.4) is 0 Å². The average Bonchev–Trinajstić information content (AvgIpc) is 3.28. The number of carbonyl (C=O) groups is 1. The van der Waals surface area contributed by atoms with E-state index in [1.54, 1.807) is 16.7 Å². The van der Waals surface area contributed by atoms with Crippen LogP contribution in [-0.2, 0) is 4.79 Å². The summed E-state index contributed by atoms with van der Waals surface area (Å²) in [5.41, 5.74) is 0. The van der Waals surface area contributed by atoms with Crippen LogP contribution in [0.15, 0.2) is 29.2 Å². The number of halogens is 1. The Bertz CT molecular complexity index is 520. The van der Waals surface area contributed by atoms with Crippen molar-refractivity contribution in [2.24, 2.45) is 0 Å². The molecule has 0 aromatic heterocycles. The lowest BCUT2D eigenvalue weighted by molar-refractivity contribution is -0.121. The zero-order valence-corrected chi connectivity index (χ0v) is 14.9. The third kappa shape index (κ3) is 6.42. The second-order valence-electron chi connectivity index (χ2n) is 5.23. The third-order valence-electron chi connectivity index (χ3n) is 3.13. The molecule has 22 heavy (non-hydrogen) atoms. The van der Waals surface area contributed by atoms with Gasteiger partial charge in [-0.25, -0.2) is 0 Å². The first-order valence-electron chi connectivity index (χ1n) is 7.21. The Morgan fingerprint density at radius 1 is 1.41 bits per heavy atom. The summed E-state index contributed by atoms with van der Waals surface area (Å²) in [5, 5.41) is 7.46. The van der Waals surface area contributed by atoms with Crippen molar-refractivity contribution in [3.63, 3.8) is 0 Å². The fourth-order valence-corrected chi connectivity index (χ4v) is 2.84. The van der Waals surface area contributed by atoms with E-state index in [0.717, 1.165) is 30.2 Å². The van der Waals surface area contributed by atoms with Gasteiger partial charge in [-0.15, -0.1) is 11.8 Å². The lowest BCUT2D eigenvalue weighted by Crippen LogP contribution is -2.44. The molecule has 0 unspecified atom stereocenters. The number of amides is 1. The first-order valence-corrected chi connectivity index (χ1v) is 8.98. The Labute approximate surface area is 146 Å². The van der Waals surface area contributed by atoms with Gasteiger partial charge in [-0.05, 0) is 49.3 Å².